The average Bonchev–Trinajstić information content (AvgIpc) is 2.34. The summed E-state index contributed by atoms with van der Waals surface area (Å²) < 4.78 is 45.3. The summed E-state index contributed by atoms with van der Waals surface area (Å²) in [5.74, 6) is -0.293. The molecule has 0 aromatic heterocycles. The van der Waals surface area contributed by atoms with Gasteiger partial charge in [-0.3, -0.25) is 9.69 Å². The molecule has 7 heteroatoms. The van der Waals surface area contributed by atoms with Crippen LogP contribution in [0.15, 0.2) is 0 Å². The summed E-state index contributed by atoms with van der Waals surface area (Å²) in [5, 5.41) is 0. The van der Waals surface area contributed by atoms with Crippen LogP contribution in [-0.2, 0) is 14.3 Å². The lowest BCUT2D eigenvalue weighted by Crippen LogP contribution is -2.47. The first-order valence-electron chi connectivity index (χ1n) is 6.49. The van der Waals surface area contributed by atoms with Crippen molar-refractivity contribution >= 4 is 5.97 Å². The number of carbonyl (C=O) groups is 1. The lowest BCUT2D eigenvalue weighted by molar-refractivity contribution is -0.176. The largest absolute Gasteiger partial charge is 0.465 e. The SMILES string of the molecule is CCOC(=O)C1CCCCN1CCOCC(F)(F)F. The summed E-state index contributed by atoms with van der Waals surface area (Å²) in [4.78, 5) is 13.6. The Morgan fingerprint density at radius 1 is 1.37 bits per heavy atom. The lowest BCUT2D eigenvalue weighted by atomic mass is 10.0. The van der Waals surface area contributed by atoms with E-state index in [-0.39, 0.29) is 18.6 Å². The molecule has 0 spiro atoms. The molecular weight excluding hydrogens is 263 g/mol. The molecule has 19 heavy (non-hydrogen) atoms. The molecule has 0 radical (unpaired) electrons. The van der Waals surface area contributed by atoms with Gasteiger partial charge in [0.05, 0.1) is 13.2 Å². The van der Waals surface area contributed by atoms with E-state index in [9.17, 15) is 18.0 Å². The highest BCUT2D eigenvalue weighted by molar-refractivity contribution is 5.75. The van der Waals surface area contributed by atoms with Gasteiger partial charge in [0.15, 0.2) is 0 Å². The molecule has 0 saturated carbocycles. The third-order valence-corrected chi connectivity index (χ3v) is 2.96. The van der Waals surface area contributed by atoms with Crippen molar-refractivity contribution < 1.29 is 27.4 Å². The fourth-order valence-electron chi connectivity index (χ4n) is 2.13. The Morgan fingerprint density at radius 2 is 2.11 bits per heavy atom. The number of piperidine rings is 1. The van der Waals surface area contributed by atoms with Gasteiger partial charge in [-0.05, 0) is 26.3 Å². The Kier molecular flexibility index (Phi) is 6.57. The van der Waals surface area contributed by atoms with Crippen molar-refractivity contribution in [1.82, 2.24) is 4.90 Å². The van der Waals surface area contributed by atoms with E-state index >= 15 is 0 Å². The molecule has 1 fully saturated rings. The Balaban J connectivity index is 2.34. The van der Waals surface area contributed by atoms with E-state index in [0.29, 0.717) is 26.1 Å². The monoisotopic (exact) mass is 283 g/mol. The van der Waals surface area contributed by atoms with E-state index in [1.54, 1.807) is 6.92 Å². The molecule has 1 saturated heterocycles. The minimum Gasteiger partial charge on any atom is -0.465 e. The van der Waals surface area contributed by atoms with Crippen molar-refractivity contribution in [2.45, 2.75) is 38.4 Å². The van der Waals surface area contributed by atoms with E-state index in [1.807, 2.05) is 4.90 Å². The maximum atomic E-state index is 11.9. The zero-order valence-electron chi connectivity index (χ0n) is 11.0. The second-order valence-corrected chi connectivity index (χ2v) is 4.47. The van der Waals surface area contributed by atoms with Gasteiger partial charge >= 0.3 is 12.1 Å². The van der Waals surface area contributed by atoms with Gasteiger partial charge in [0.1, 0.15) is 12.6 Å². The zero-order chi connectivity index (χ0) is 14.3. The second kappa shape index (κ2) is 7.69. The molecular formula is C12H20F3NO3. The van der Waals surface area contributed by atoms with Crippen molar-refractivity contribution in [3.05, 3.63) is 0 Å². The van der Waals surface area contributed by atoms with Crippen LogP contribution >= 0.6 is 0 Å². The number of likely N-dealkylation sites (tertiary alicyclic amines) is 1. The first-order valence-corrected chi connectivity index (χ1v) is 6.49. The minimum absolute atomic E-state index is 0.0323. The van der Waals surface area contributed by atoms with Gasteiger partial charge in [-0.1, -0.05) is 6.42 Å². The number of halogens is 3. The molecule has 4 nitrogen and oxygen atoms in total. The molecule has 0 bridgehead atoms. The topological polar surface area (TPSA) is 38.8 Å². The van der Waals surface area contributed by atoms with E-state index in [2.05, 4.69) is 4.74 Å². The van der Waals surface area contributed by atoms with Crippen LogP contribution in [-0.4, -0.2) is 56.0 Å². The highest BCUT2D eigenvalue weighted by atomic mass is 19.4. The van der Waals surface area contributed by atoms with E-state index in [4.69, 9.17) is 4.74 Å². The van der Waals surface area contributed by atoms with Gasteiger partial charge in [0.25, 0.3) is 0 Å². The fraction of sp³-hybridized carbons (Fsp3) is 0.917. The molecule has 1 atom stereocenters. The summed E-state index contributed by atoms with van der Waals surface area (Å²) in [6.45, 7) is 1.78. The van der Waals surface area contributed by atoms with Gasteiger partial charge in [-0.25, -0.2) is 0 Å². The second-order valence-electron chi connectivity index (χ2n) is 4.47. The molecule has 1 heterocycles. The molecule has 0 aromatic carbocycles. The minimum atomic E-state index is -4.30. The molecule has 1 aliphatic heterocycles. The number of alkyl halides is 3. The van der Waals surface area contributed by atoms with Crippen molar-refractivity contribution in [3.63, 3.8) is 0 Å². The van der Waals surface area contributed by atoms with Crippen LogP contribution in [0.1, 0.15) is 26.2 Å². The maximum absolute atomic E-state index is 11.9. The molecule has 0 aliphatic carbocycles. The number of carbonyl (C=O) groups excluding carboxylic acids is 1. The number of rotatable bonds is 6. The molecule has 1 rings (SSSR count). The predicted octanol–water partition coefficient (Wildman–Crippen LogP) is 1.98. The third kappa shape index (κ3) is 6.24. The molecule has 1 aliphatic rings. The maximum Gasteiger partial charge on any atom is 0.411 e. The van der Waals surface area contributed by atoms with Gasteiger partial charge in [-0.15, -0.1) is 0 Å². The quantitative estimate of drug-likeness (QED) is 0.552. The van der Waals surface area contributed by atoms with Crippen molar-refractivity contribution in [2.75, 3.05) is 32.9 Å². The van der Waals surface area contributed by atoms with Crippen LogP contribution in [0, 0.1) is 0 Å². The number of ether oxygens (including phenoxy) is 2. The van der Waals surface area contributed by atoms with Crippen LogP contribution < -0.4 is 0 Å². The summed E-state index contributed by atoms with van der Waals surface area (Å²) in [6.07, 6.45) is -1.74. The first kappa shape index (κ1) is 16.2. The van der Waals surface area contributed by atoms with Gasteiger partial charge in [0, 0.05) is 6.54 Å². The predicted molar refractivity (Wildman–Crippen MR) is 62.7 cm³/mol. The van der Waals surface area contributed by atoms with E-state index in [1.165, 1.54) is 0 Å². The highest BCUT2D eigenvalue weighted by Crippen LogP contribution is 2.18. The van der Waals surface area contributed by atoms with Gasteiger partial charge < -0.3 is 9.47 Å². The third-order valence-electron chi connectivity index (χ3n) is 2.96. The van der Waals surface area contributed by atoms with Crippen LogP contribution in [0.4, 0.5) is 13.2 Å². The van der Waals surface area contributed by atoms with E-state index in [0.717, 1.165) is 12.8 Å². The molecule has 0 aromatic rings. The molecule has 112 valence electrons. The number of hydrogen-bond donors (Lipinski definition) is 0. The van der Waals surface area contributed by atoms with Crippen molar-refractivity contribution in [2.24, 2.45) is 0 Å². The summed E-state index contributed by atoms with van der Waals surface area (Å²) >= 11 is 0. The van der Waals surface area contributed by atoms with Crippen LogP contribution in [0.3, 0.4) is 0 Å². The Morgan fingerprint density at radius 3 is 2.74 bits per heavy atom. The lowest BCUT2D eigenvalue weighted by Gasteiger charge is -2.33. The van der Waals surface area contributed by atoms with Crippen LogP contribution in [0.5, 0.6) is 0 Å². The Labute approximate surface area is 110 Å². The van der Waals surface area contributed by atoms with Crippen LogP contribution in [0.2, 0.25) is 0 Å². The number of esters is 1. The molecule has 0 N–H and O–H groups in total. The zero-order valence-corrected chi connectivity index (χ0v) is 11.0. The summed E-state index contributed by atoms with van der Waals surface area (Å²) in [5.41, 5.74) is 0. The van der Waals surface area contributed by atoms with Gasteiger partial charge in [-0.2, -0.15) is 13.2 Å². The molecule has 1 unspecified atom stereocenters. The standard InChI is InChI=1S/C12H20F3NO3/c1-2-19-11(17)10-5-3-4-6-16(10)7-8-18-9-12(13,14)15/h10H,2-9H2,1H3. The summed E-state index contributed by atoms with van der Waals surface area (Å²) in [6, 6.07) is -0.344. The Bertz CT molecular complexity index is 284. The number of hydrogen-bond acceptors (Lipinski definition) is 4. The van der Waals surface area contributed by atoms with E-state index < -0.39 is 12.8 Å². The number of nitrogens with zero attached hydrogens (tertiary/aromatic N) is 1. The van der Waals surface area contributed by atoms with Crippen molar-refractivity contribution in [1.29, 1.82) is 0 Å². The molecule has 0 amide bonds. The Hall–Kier alpha value is -0.820. The first-order chi connectivity index (χ1) is 8.94. The van der Waals surface area contributed by atoms with Crippen molar-refractivity contribution in [3.8, 4) is 0 Å². The normalized spacial score (nSPS) is 21.4. The smallest absolute Gasteiger partial charge is 0.411 e. The summed E-state index contributed by atoms with van der Waals surface area (Å²) in [7, 11) is 0. The average molecular weight is 283 g/mol. The van der Waals surface area contributed by atoms with Gasteiger partial charge in [0.2, 0.25) is 0 Å². The highest BCUT2D eigenvalue weighted by Gasteiger charge is 2.30. The van der Waals surface area contributed by atoms with Crippen LogP contribution in [0.25, 0.3) is 0 Å². The fourth-order valence-corrected chi connectivity index (χ4v) is 2.13.